The highest BCUT2D eigenvalue weighted by Crippen LogP contribution is 2.18. The van der Waals surface area contributed by atoms with Crippen molar-refractivity contribution in [2.75, 3.05) is 6.61 Å². The van der Waals surface area contributed by atoms with E-state index in [9.17, 15) is 0 Å². The smallest absolute Gasteiger partial charge is 0.120 e. The molecule has 0 aliphatic heterocycles. The number of rotatable bonds is 6. The van der Waals surface area contributed by atoms with Crippen molar-refractivity contribution >= 4 is 15.9 Å². The van der Waals surface area contributed by atoms with Gasteiger partial charge in [0.1, 0.15) is 12.4 Å². The normalized spacial score (nSPS) is 12.4. The largest absolute Gasteiger partial charge is 0.492 e. The number of halogens is 1. The van der Waals surface area contributed by atoms with Gasteiger partial charge in [-0.15, -0.1) is 0 Å². The molecule has 1 atom stereocenters. The van der Waals surface area contributed by atoms with Crippen molar-refractivity contribution in [3.8, 4) is 5.75 Å². The van der Waals surface area contributed by atoms with E-state index >= 15 is 0 Å². The van der Waals surface area contributed by atoms with Crippen molar-refractivity contribution in [3.05, 3.63) is 45.7 Å². The fraction of sp³-hybridized carbons (Fsp3) is 0.438. The molecule has 0 bridgehead atoms. The van der Waals surface area contributed by atoms with Crippen LogP contribution in [0.5, 0.6) is 5.75 Å². The van der Waals surface area contributed by atoms with Gasteiger partial charge in [0, 0.05) is 16.2 Å². The van der Waals surface area contributed by atoms with E-state index in [1.54, 1.807) is 0 Å². The summed E-state index contributed by atoms with van der Waals surface area (Å²) in [5, 5.41) is 4.58. The van der Waals surface area contributed by atoms with Crippen molar-refractivity contribution in [2.24, 2.45) is 5.73 Å². The molecule has 114 valence electrons. The summed E-state index contributed by atoms with van der Waals surface area (Å²) in [5.41, 5.74) is 9.40. The van der Waals surface area contributed by atoms with Gasteiger partial charge in [0.15, 0.2) is 0 Å². The molecule has 0 saturated carbocycles. The van der Waals surface area contributed by atoms with Crippen molar-refractivity contribution in [2.45, 2.75) is 39.8 Å². The summed E-state index contributed by atoms with van der Waals surface area (Å²) >= 11 is 3.44. The van der Waals surface area contributed by atoms with Crippen molar-refractivity contribution in [1.82, 2.24) is 9.78 Å². The van der Waals surface area contributed by atoms with E-state index < -0.39 is 0 Å². The number of hydrogen-bond donors (Lipinski definition) is 1. The van der Waals surface area contributed by atoms with Gasteiger partial charge in [-0.3, -0.25) is 4.68 Å². The monoisotopic (exact) mass is 351 g/mol. The van der Waals surface area contributed by atoms with Gasteiger partial charge in [0.2, 0.25) is 0 Å². The fourth-order valence-electron chi connectivity index (χ4n) is 2.38. The Balaban J connectivity index is 1.97. The minimum atomic E-state index is 0.151. The highest BCUT2D eigenvalue weighted by molar-refractivity contribution is 9.10. The predicted molar refractivity (Wildman–Crippen MR) is 88.7 cm³/mol. The lowest BCUT2D eigenvalue weighted by molar-refractivity contribution is 0.289. The molecule has 2 rings (SSSR count). The number of nitrogens with two attached hydrogens (primary N) is 1. The highest BCUT2D eigenvalue weighted by atomic mass is 79.9. The van der Waals surface area contributed by atoms with Crippen LogP contribution in [0.2, 0.25) is 0 Å². The number of ether oxygens (including phenoxy) is 1. The van der Waals surface area contributed by atoms with Gasteiger partial charge < -0.3 is 10.5 Å². The number of benzene rings is 1. The van der Waals surface area contributed by atoms with Gasteiger partial charge in [-0.1, -0.05) is 22.0 Å². The average molecular weight is 352 g/mol. The average Bonchev–Trinajstić information content (AvgIpc) is 2.66. The van der Waals surface area contributed by atoms with Gasteiger partial charge in [-0.2, -0.15) is 5.10 Å². The summed E-state index contributed by atoms with van der Waals surface area (Å²) in [5.74, 6) is 0.863. The maximum Gasteiger partial charge on any atom is 0.120 e. The second-order valence-electron chi connectivity index (χ2n) is 5.36. The Morgan fingerprint density at radius 2 is 2.14 bits per heavy atom. The first-order chi connectivity index (χ1) is 9.97. The molecule has 0 fully saturated rings. The van der Waals surface area contributed by atoms with Gasteiger partial charge in [-0.25, -0.2) is 0 Å². The molecule has 5 heteroatoms. The van der Waals surface area contributed by atoms with E-state index in [2.05, 4.69) is 28.0 Å². The Kier molecular flexibility index (Phi) is 5.42. The van der Waals surface area contributed by atoms with Crippen LogP contribution in [0.4, 0.5) is 0 Å². The summed E-state index contributed by atoms with van der Waals surface area (Å²) < 4.78 is 8.78. The van der Waals surface area contributed by atoms with Crippen molar-refractivity contribution < 1.29 is 4.74 Å². The Hall–Kier alpha value is -1.33. The molecule has 0 saturated heterocycles. The third-order valence-corrected chi connectivity index (χ3v) is 3.92. The molecule has 0 spiro atoms. The van der Waals surface area contributed by atoms with Crippen molar-refractivity contribution in [3.63, 3.8) is 0 Å². The van der Waals surface area contributed by atoms with Crippen LogP contribution in [0.3, 0.4) is 0 Å². The van der Waals surface area contributed by atoms with E-state index in [-0.39, 0.29) is 6.04 Å². The Labute approximate surface area is 134 Å². The highest BCUT2D eigenvalue weighted by Gasteiger charge is 2.12. The molecule has 1 aromatic carbocycles. The van der Waals surface area contributed by atoms with Crippen LogP contribution in [-0.4, -0.2) is 22.4 Å². The second kappa shape index (κ2) is 7.09. The maximum absolute atomic E-state index is 5.90. The minimum Gasteiger partial charge on any atom is -0.492 e. The van der Waals surface area contributed by atoms with Crippen LogP contribution in [0.25, 0.3) is 0 Å². The molecule has 4 nitrogen and oxygen atoms in total. The quantitative estimate of drug-likeness (QED) is 0.868. The zero-order valence-electron chi connectivity index (χ0n) is 12.8. The Morgan fingerprint density at radius 3 is 2.81 bits per heavy atom. The predicted octanol–water partition coefficient (Wildman–Crippen LogP) is 3.23. The minimum absolute atomic E-state index is 0.151. The van der Waals surface area contributed by atoms with E-state index in [1.165, 1.54) is 11.3 Å². The third-order valence-electron chi connectivity index (χ3n) is 3.43. The number of aryl methyl sites for hydroxylation is 1. The number of hydrogen-bond acceptors (Lipinski definition) is 3. The van der Waals surface area contributed by atoms with Crippen LogP contribution in [0.1, 0.15) is 23.9 Å². The van der Waals surface area contributed by atoms with Gasteiger partial charge in [0.25, 0.3) is 0 Å². The number of nitrogens with zero attached hydrogens (tertiary/aromatic N) is 2. The van der Waals surface area contributed by atoms with Gasteiger partial charge in [-0.05, 0) is 51.0 Å². The van der Waals surface area contributed by atoms with E-state index in [1.807, 2.05) is 42.8 Å². The summed E-state index contributed by atoms with van der Waals surface area (Å²) in [7, 11) is 0. The zero-order valence-corrected chi connectivity index (χ0v) is 14.4. The SMILES string of the molecule is Cc1nn(CCOc2cccc(Br)c2)c(C)c1CC(C)N. The van der Waals surface area contributed by atoms with Crippen molar-refractivity contribution in [1.29, 1.82) is 0 Å². The van der Waals surface area contributed by atoms with Crippen LogP contribution in [-0.2, 0) is 13.0 Å². The topological polar surface area (TPSA) is 53.1 Å². The molecule has 1 aromatic heterocycles. The van der Waals surface area contributed by atoms with Crippen LogP contribution < -0.4 is 10.5 Å². The molecular weight excluding hydrogens is 330 g/mol. The molecule has 0 aliphatic carbocycles. The molecular formula is C16H22BrN3O. The summed E-state index contributed by atoms with van der Waals surface area (Å²) in [6.45, 7) is 7.48. The summed E-state index contributed by atoms with van der Waals surface area (Å²) in [6, 6.07) is 8.01. The summed E-state index contributed by atoms with van der Waals surface area (Å²) in [4.78, 5) is 0. The van der Waals surface area contributed by atoms with E-state index in [4.69, 9.17) is 10.5 Å². The lowest BCUT2D eigenvalue weighted by Gasteiger charge is -2.09. The third kappa shape index (κ3) is 4.32. The maximum atomic E-state index is 5.90. The Morgan fingerprint density at radius 1 is 1.38 bits per heavy atom. The van der Waals surface area contributed by atoms with E-state index in [0.29, 0.717) is 6.61 Å². The molecule has 1 unspecified atom stereocenters. The molecule has 1 heterocycles. The first-order valence-corrected chi connectivity index (χ1v) is 7.93. The van der Waals surface area contributed by atoms with E-state index in [0.717, 1.165) is 28.9 Å². The van der Waals surface area contributed by atoms with Gasteiger partial charge >= 0.3 is 0 Å². The Bertz CT molecular complexity index is 608. The van der Waals surface area contributed by atoms with Crippen LogP contribution >= 0.6 is 15.9 Å². The molecule has 2 N–H and O–H groups in total. The molecule has 2 aromatic rings. The molecule has 0 amide bonds. The standard InChI is InChI=1S/C16H22BrN3O/c1-11(18)9-16-12(2)19-20(13(16)3)7-8-21-15-6-4-5-14(17)10-15/h4-6,10-11H,7-9,18H2,1-3H3. The molecule has 21 heavy (non-hydrogen) atoms. The first kappa shape index (κ1) is 16.0. The number of aromatic nitrogens is 2. The fourth-order valence-corrected chi connectivity index (χ4v) is 2.75. The zero-order chi connectivity index (χ0) is 15.4. The molecule has 0 radical (unpaired) electrons. The second-order valence-corrected chi connectivity index (χ2v) is 6.28. The first-order valence-electron chi connectivity index (χ1n) is 7.14. The van der Waals surface area contributed by atoms with Crippen LogP contribution in [0.15, 0.2) is 28.7 Å². The van der Waals surface area contributed by atoms with Crippen LogP contribution in [0, 0.1) is 13.8 Å². The lowest BCUT2D eigenvalue weighted by atomic mass is 10.1. The lowest BCUT2D eigenvalue weighted by Crippen LogP contribution is -2.18. The van der Waals surface area contributed by atoms with Gasteiger partial charge in [0.05, 0.1) is 12.2 Å². The molecule has 0 aliphatic rings. The summed E-state index contributed by atoms with van der Waals surface area (Å²) in [6.07, 6.45) is 0.865.